The molecule has 3 rings (SSSR count). The van der Waals surface area contributed by atoms with Gasteiger partial charge in [0.2, 0.25) is 0 Å². The summed E-state index contributed by atoms with van der Waals surface area (Å²) in [7, 11) is 0. The fraction of sp³-hybridized carbons (Fsp3) is 0.375. The summed E-state index contributed by atoms with van der Waals surface area (Å²) in [5.41, 5.74) is 2.36. The molecule has 1 atom stereocenters. The minimum Gasteiger partial charge on any atom is -0.489 e. The Labute approximate surface area is 113 Å². The molecule has 0 spiro atoms. The van der Waals surface area contributed by atoms with Crippen molar-refractivity contribution in [2.75, 3.05) is 11.9 Å². The van der Waals surface area contributed by atoms with Gasteiger partial charge in [-0.05, 0) is 42.7 Å². The highest BCUT2D eigenvalue weighted by Crippen LogP contribution is 2.36. The third-order valence-corrected chi connectivity index (χ3v) is 3.51. The van der Waals surface area contributed by atoms with Crippen LogP contribution in [0.2, 0.25) is 0 Å². The highest BCUT2D eigenvalue weighted by atomic mass is 16.5. The van der Waals surface area contributed by atoms with Crippen molar-refractivity contribution in [3.63, 3.8) is 0 Å². The van der Waals surface area contributed by atoms with Gasteiger partial charge in [0.1, 0.15) is 29.9 Å². The van der Waals surface area contributed by atoms with Crippen LogP contribution in [0.5, 0.6) is 5.75 Å². The second-order valence-corrected chi connectivity index (χ2v) is 5.37. The third-order valence-electron chi connectivity index (χ3n) is 3.51. The van der Waals surface area contributed by atoms with Gasteiger partial charge >= 0.3 is 0 Å². The van der Waals surface area contributed by atoms with Crippen molar-refractivity contribution in [2.24, 2.45) is 0 Å². The summed E-state index contributed by atoms with van der Waals surface area (Å²) in [6.45, 7) is 6.94. The minimum absolute atomic E-state index is 0.0867. The van der Waals surface area contributed by atoms with Gasteiger partial charge in [0.15, 0.2) is 0 Å². The van der Waals surface area contributed by atoms with Crippen LogP contribution in [0, 0.1) is 6.92 Å². The molecule has 0 radical (unpaired) electrons. The maximum Gasteiger partial charge on any atom is 0.142 e. The van der Waals surface area contributed by atoms with Crippen molar-refractivity contribution in [1.29, 1.82) is 0 Å². The fourth-order valence-corrected chi connectivity index (χ4v) is 2.34. The molecular formula is C16H19NO2. The van der Waals surface area contributed by atoms with Crippen molar-refractivity contribution in [3.8, 4) is 5.75 Å². The summed E-state index contributed by atoms with van der Waals surface area (Å²) >= 11 is 0. The number of hydrogen-bond acceptors (Lipinski definition) is 3. The van der Waals surface area contributed by atoms with Crippen LogP contribution in [0.1, 0.15) is 42.9 Å². The van der Waals surface area contributed by atoms with E-state index < -0.39 is 0 Å². The van der Waals surface area contributed by atoms with Gasteiger partial charge in [0, 0.05) is 0 Å². The second kappa shape index (κ2) is 4.65. The summed E-state index contributed by atoms with van der Waals surface area (Å²) in [4.78, 5) is 0. The van der Waals surface area contributed by atoms with E-state index in [1.807, 2.05) is 25.1 Å². The Kier molecular flexibility index (Phi) is 2.97. The van der Waals surface area contributed by atoms with Gasteiger partial charge < -0.3 is 14.5 Å². The third kappa shape index (κ3) is 2.33. The van der Waals surface area contributed by atoms with Gasteiger partial charge in [-0.3, -0.25) is 0 Å². The molecule has 3 nitrogen and oxygen atoms in total. The molecule has 1 aromatic heterocycles. The minimum atomic E-state index is 0.0867. The zero-order valence-corrected chi connectivity index (χ0v) is 11.6. The van der Waals surface area contributed by atoms with Crippen LogP contribution in [0.3, 0.4) is 0 Å². The first kappa shape index (κ1) is 12.2. The van der Waals surface area contributed by atoms with E-state index in [1.54, 1.807) is 0 Å². The molecule has 1 aromatic carbocycles. The lowest BCUT2D eigenvalue weighted by Gasteiger charge is -2.27. The van der Waals surface area contributed by atoms with E-state index in [4.69, 9.17) is 9.15 Å². The molecule has 0 saturated heterocycles. The molecule has 2 heterocycles. The molecule has 3 heteroatoms. The normalized spacial score (nSPS) is 17.8. The summed E-state index contributed by atoms with van der Waals surface area (Å²) in [6, 6.07) is 10.4. The predicted molar refractivity (Wildman–Crippen MR) is 75.8 cm³/mol. The highest BCUT2D eigenvalue weighted by molar-refractivity contribution is 5.60. The lowest BCUT2D eigenvalue weighted by molar-refractivity contribution is 0.268. The van der Waals surface area contributed by atoms with Crippen molar-refractivity contribution in [3.05, 3.63) is 47.4 Å². The molecule has 0 saturated carbocycles. The molecule has 0 fully saturated rings. The van der Waals surface area contributed by atoms with Gasteiger partial charge in [0.05, 0.1) is 5.69 Å². The van der Waals surface area contributed by atoms with Crippen LogP contribution in [0.15, 0.2) is 34.7 Å². The molecule has 1 aliphatic rings. The van der Waals surface area contributed by atoms with Crippen LogP contribution in [-0.4, -0.2) is 6.61 Å². The molecular weight excluding hydrogens is 238 g/mol. The van der Waals surface area contributed by atoms with E-state index in [2.05, 4.69) is 31.3 Å². The summed E-state index contributed by atoms with van der Waals surface area (Å²) < 4.78 is 11.5. The maximum absolute atomic E-state index is 5.81. The first-order valence-electron chi connectivity index (χ1n) is 6.73. The molecule has 1 N–H and O–H groups in total. The van der Waals surface area contributed by atoms with Crippen LogP contribution in [0.4, 0.5) is 5.69 Å². The first-order chi connectivity index (χ1) is 9.13. The van der Waals surface area contributed by atoms with Gasteiger partial charge in [-0.2, -0.15) is 0 Å². The largest absolute Gasteiger partial charge is 0.489 e. The number of furan rings is 1. The van der Waals surface area contributed by atoms with Gasteiger partial charge in [-0.25, -0.2) is 0 Å². The fourth-order valence-electron chi connectivity index (χ4n) is 2.34. The zero-order chi connectivity index (χ0) is 13.4. The Bertz CT molecular complexity index is 586. The monoisotopic (exact) mass is 257 g/mol. The van der Waals surface area contributed by atoms with E-state index >= 15 is 0 Å². The molecule has 1 aliphatic heterocycles. The van der Waals surface area contributed by atoms with Crippen molar-refractivity contribution < 1.29 is 9.15 Å². The van der Waals surface area contributed by atoms with Crippen molar-refractivity contribution >= 4 is 5.69 Å². The Morgan fingerprint density at radius 2 is 2.05 bits per heavy atom. The highest BCUT2D eigenvalue weighted by Gasteiger charge is 2.23. The van der Waals surface area contributed by atoms with Crippen molar-refractivity contribution in [1.82, 2.24) is 0 Å². The van der Waals surface area contributed by atoms with Crippen LogP contribution in [-0.2, 0) is 0 Å². The van der Waals surface area contributed by atoms with Crippen molar-refractivity contribution in [2.45, 2.75) is 32.7 Å². The number of ether oxygens (including phenoxy) is 1. The molecule has 1 unspecified atom stereocenters. The molecule has 2 aromatic rings. The average molecular weight is 257 g/mol. The average Bonchev–Trinajstić information content (AvgIpc) is 2.84. The SMILES string of the molecule is Cc1ccc(C2COc3ccc(C(C)C)cc3N2)o1. The van der Waals surface area contributed by atoms with Crippen LogP contribution >= 0.6 is 0 Å². The lowest BCUT2D eigenvalue weighted by Crippen LogP contribution is -2.23. The standard InChI is InChI=1S/C16H19NO2/c1-10(2)12-5-7-15-13(8-12)17-14(9-18-15)16-6-4-11(3)19-16/h4-8,10,14,17H,9H2,1-3H3. The predicted octanol–water partition coefficient (Wildman–Crippen LogP) is 4.26. The van der Waals surface area contributed by atoms with Crippen LogP contribution in [0.25, 0.3) is 0 Å². The number of hydrogen-bond donors (Lipinski definition) is 1. The first-order valence-corrected chi connectivity index (χ1v) is 6.73. The number of anilines is 1. The Morgan fingerprint density at radius 1 is 1.21 bits per heavy atom. The van der Waals surface area contributed by atoms with E-state index in [0.29, 0.717) is 12.5 Å². The van der Waals surface area contributed by atoms with E-state index in [1.165, 1.54) is 5.56 Å². The summed E-state index contributed by atoms with van der Waals surface area (Å²) in [6.07, 6.45) is 0. The molecule has 0 amide bonds. The maximum atomic E-state index is 5.81. The quantitative estimate of drug-likeness (QED) is 0.873. The number of aryl methyl sites for hydroxylation is 1. The molecule has 19 heavy (non-hydrogen) atoms. The lowest BCUT2D eigenvalue weighted by atomic mass is 10.0. The van der Waals surface area contributed by atoms with E-state index in [9.17, 15) is 0 Å². The second-order valence-electron chi connectivity index (χ2n) is 5.37. The summed E-state index contributed by atoms with van der Waals surface area (Å²) in [5.74, 6) is 3.29. The van der Waals surface area contributed by atoms with Gasteiger partial charge in [0.25, 0.3) is 0 Å². The van der Waals surface area contributed by atoms with Gasteiger partial charge in [-0.1, -0.05) is 19.9 Å². The van der Waals surface area contributed by atoms with E-state index in [0.717, 1.165) is 23.0 Å². The Balaban J connectivity index is 1.88. The summed E-state index contributed by atoms with van der Waals surface area (Å²) in [5, 5.41) is 3.50. The zero-order valence-electron chi connectivity index (χ0n) is 11.6. The topological polar surface area (TPSA) is 34.4 Å². The van der Waals surface area contributed by atoms with E-state index in [-0.39, 0.29) is 6.04 Å². The van der Waals surface area contributed by atoms with Gasteiger partial charge in [-0.15, -0.1) is 0 Å². The smallest absolute Gasteiger partial charge is 0.142 e. The Hall–Kier alpha value is -1.90. The Morgan fingerprint density at radius 3 is 2.74 bits per heavy atom. The molecule has 0 bridgehead atoms. The van der Waals surface area contributed by atoms with Crippen LogP contribution < -0.4 is 10.1 Å². The number of nitrogens with one attached hydrogen (secondary N) is 1. The number of fused-ring (bicyclic) bond motifs is 1. The number of benzene rings is 1. The number of rotatable bonds is 2. The molecule has 100 valence electrons. The molecule has 0 aliphatic carbocycles.